The number of terminal acetylenes is 1. The van der Waals surface area contributed by atoms with Crippen LogP contribution in [0.15, 0.2) is 18.2 Å². The molecule has 0 saturated heterocycles. The number of fused-ring (bicyclic) bond motifs is 1. The van der Waals surface area contributed by atoms with Crippen molar-refractivity contribution in [3.8, 4) is 18.1 Å². The highest BCUT2D eigenvalue weighted by Crippen LogP contribution is 2.30. The molecular weight excluding hydrogens is 252 g/mol. The lowest BCUT2D eigenvalue weighted by Gasteiger charge is -2.23. The van der Waals surface area contributed by atoms with Crippen molar-refractivity contribution in [2.45, 2.75) is 38.3 Å². The summed E-state index contributed by atoms with van der Waals surface area (Å²) in [6, 6.07) is 5.97. The van der Waals surface area contributed by atoms with Gasteiger partial charge in [0.25, 0.3) is 5.91 Å². The smallest absolute Gasteiger partial charge is 0.261 e. The number of benzene rings is 1. The highest BCUT2D eigenvalue weighted by atomic mass is 16.5. The quantitative estimate of drug-likeness (QED) is 0.817. The van der Waals surface area contributed by atoms with Crippen LogP contribution in [0.25, 0.3) is 0 Å². The topological polar surface area (TPSA) is 64.3 Å². The van der Waals surface area contributed by atoms with Crippen molar-refractivity contribution in [3.63, 3.8) is 0 Å². The van der Waals surface area contributed by atoms with Gasteiger partial charge in [-0.15, -0.1) is 6.42 Å². The molecule has 0 radical (unpaired) electrons. The molecule has 0 bridgehead atoms. The maximum Gasteiger partial charge on any atom is 0.261 e. The van der Waals surface area contributed by atoms with Crippen LogP contribution in [0.2, 0.25) is 0 Å². The molecule has 1 aromatic rings. The number of ether oxygens (including phenoxy) is 1. The molecule has 4 nitrogen and oxygen atoms in total. The summed E-state index contributed by atoms with van der Waals surface area (Å²) in [6.45, 7) is 1.92. The molecular formula is C16H20N2O2. The van der Waals surface area contributed by atoms with Gasteiger partial charge in [0, 0.05) is 6.04 Å². The highest BCUT2D eigenvalue weighted by molar-refractivity contribution is 5.80. The Labute approximate surface area is 119 Å². The van der Waals surface area contributed by atoms with E-state index in [4.69, 9.17) is 16.9 Å². The van der Waals surface area contributed by atoms with E-state index < -0.39 is 6.10 Å². The van der Waals surface area contributed by atoms with Crippen LogP contribution in [0, 0.1) is 12.3 Å². The number of nitrogens with two attached hydrogens (primary N) is 1. The van der Waals surface area contributed by atoms with Gasteiger partial charge in [-0.3, -0.25) is 4.79 Å². The van der Waals surface area contributed by atoms with Crippen LogP contribution in [0.1, 0.15) is 36.9 Å². The van der Waals surface area contributed by atoms with Crippen molar-refractivity contribution in [1.82, 2.24) is 5.32 Å². The van der Waals surface area contributed by atoms with Crippen molar-refractivity contribution in [3.05, 3.63) is 29.3 Å². The molecule has 2 rings (SSSR count). The lowest BCUT2D eigenvalue weighted by atomic mass is 9.88. The normalized spacial score (nSPS) is 18.6. The lowest BCUT2D eigenvalue weighted by Crippen LogP contribution is -2.36. The van der Waals surface area contributed by atoms with E-state index in [0.717, 1.165) is 19.3 Å². The van der Waals surface area contributed by atoms with Crippen molar-refractivity contribution < 1.29 is 9.53 Å². The van der Waals surface area contributed by atoms with E-state index in [1.54, 1.807) is 6.92 Å². The number of amides is 1. The molecule has 0 fully saturated rings. The SMILES string of the molecule is C#CCNC(=O)C(C)Oc1ccc2c(c1)CCCC2N. The molecule has 20 heavy (non-hydrogen) atoms. The number of aryl methyl sites for hydroxylation is 1. The molecule has 1 aliphatic carbocycles. The Morgan fingerprint density at radius 3 is 3.20 bits per heavy atom. The highest BCUT2D eigenvalue weighted by Gasteiger charge is 2.19. The fraction of sp³-hybridized carbons (Fsp3) is 0.438. The lowest BCUT2D eigenvalue weighted by molar-refractivity contribution is -0.126. The molecule has 0 aliphatic heterocycles. The summed E-state index contributed by atoms with van der Waals surface area (Å²) < 4.78 is 5.65. The molecule has 106 valence electrons. The zero-order valence-corrected chi connectivity index (χ0v) is 11.7. The second-order valence-corrected chi connectivity index (χ2v) is 5.04. The van der Waals surface area contributed by atoms with E-state index in [0.29, 0.717) is 5.75 Å². The van der Waals surface area contributed by atoms with Crippen LogP contribution in [0.3, 0.4) is 0 Å². The molecule has 0 heterocycles. The zero-order chi connectivity index (χ0) is 14.5. The minimum absolute atomic E-state index is 0.115. The fourth-order valence-electron chi connectivity index (χ4n) is 2.44. The third kappa shape index (κ3) is 3.31. The summed E-state index contributed by atoms with van der Waals surface area (Å²) in [5.74, 6) is 2.85. The van der Waals surface area contributed by atoms with Crippen LogP contribution < -0.4 is 15.8 Å². The van der Waals surface area contributed by atoms with Crippen LogP contribution in [0.5, 0.6) is 5.75 Å². The number of carbonyl (C=O) groups is 1. The molecule has 4 heteroatoms. The Morgan fingerprint density at radius 1 is 1.65 bits per heavy atom. The Bertz CT molecular complexity index is 534. The Hall–Kier alpha value is -1.99. The predicted octanol–water partition coefficient (Wildman–Crippen LogP) is 1.54. The number of nitrogens with one attached hydrogen (secondary N) is 1. The average molecular weight is 272 g/mol. The Kier molecular flexibility index (Phi) is 4.65. The van der Waals surface area contributed by atoms with E-state index in [1.807, 2.05) is 18.2 Å². The van der Waals surface area contributed by atoms with Crippen LogP contribution >= 0.6 is 0 Å². The third-order valence-electron chi connectivity index (χ3n) is 3.52. The molecule has 2 atom stereocenters. The van der Waals surface area contributed by atoms with Gasteiger partial charge in [-0.1, -0.05) is 12.0 Å². The summed E-state index contributed by atoms with van der Waals surface area (Å²) in [4.78, 5) is 11.7. The van der Waals surface area contributed by atoms with Crippen molar-refractivity contribution in [2.75, 3.05) is 6.54 Å². The van der Waals surface area contributed by atoms with Crippen molar-refractivity contribution in [2.24, 2.45) is 5.73 Å². The summed E-state index contributed by atoms with van der Waals surface area (Å²) in [7, 11) is 0. The average Bonchev–Trinajstić information content (AvgIpc) is 2.44. The second-order valence-electron chi connectivity index (χ2n) is 5.04. The van der Waals surface area contributed by atoms with E-state index >= 15 is 0 Å². The third-order valence-corrected chi connectivity index (χ3v) is 3.52. The first-order valence-electron chi connectivity index (χ1n) is 6.88. The van der Waals surface area contributed by atoms with Crippen LogP contribution in [0.4, 0.5) is 0 Å². The minimum Gasteiger partial charge on any atom is -0.481 e. The number of rotatable bonds is 4. The van der Waals surface area contributed by atoms with Crippen molar-refractivity contribution >= 4 is 5.91 Å². The van der Waals surface area contributed by atoms with Gasteiger partial charge in [-0.25, -0.2) is 0 Å². The summed E-state index contributed by atoms with van der Waals surface area (Å²) >= 11 is 0. The molecule has 2 unspecified atom stereocenters. The maximum absolute atomic E-state index is 11.7. The number of carbonyl (C=O) groups excluding carboxylic acids is 1. The van der Waals surface area contributed by atoms with E-state index in [2.05, 4.69) is 11.2 Å². The van der Waals surface area contributed by atoms with Gasteiger partial charge in [0.2, 0.25) is 0 Å². The first-order valence-corrected chi connectivity index (χ1v) is 6.88. The van der Waals surface area contributed by atoms with Gasteiger partial charge in [0.05, 0.1) is 6.54 Å². The maximum atomic E-state index is 11.7. The van der Waals surface area contributed by atoms with Crippen LogP contribution in [-0.2, 0) is 11.2 Å². The molecule has 0 spiro atoms. The van der Waals surface area contributed by atoms with Gasteiger partial charge in [-0.2, -0.15) is 0 Å². The molecule has 1 aromatic carbocycles. The summed E-state index contributed by atoms with van der Waals surface area (Å²) in [6.07, 6.45) is 7.66. The fourth-order valence-corrected chi connectivity index (χ4v) is 2.44. The molecule has 0 aromatic heterocycles. The van der Waals surface area contributed by atoms with Gasteiger partial charge < -0.3 is 15.8 Å². The summed E-state index contributed by atoms with van der Waals surface area (Å²) in [5, 5.41) is 2.60. The largest absolute Gasteiger partial charge is 0.481 e. The molecule has 1 amide bonds. The monoisotopic (exact) mass is 272 g/mol. The molecule has 1 aliphatic rings. The van der Waals surface area contributed by atoms with Gasteiger partial charge in [-0.05, 0) is 49.4 Å². The van der Waals surface area contributed by atoms with E-state index in [9.17, 15) is 4.79 Å². The Balaban J connectivity index is 2.03. The minimum atomic E-state index is -0.571. The molecule has 3 N–H and O–H groups in total. The molecule has 0 saturated carbocycles. The standard InChI is InChI=1S/C16H20N2O2/c1-3-9-18-16(19)11(2)20-13-7-8-14-12(10-13)5-4-6-15(14)17/h1,7-8,10-11,15H,4-6,9,17H2,2H3,(H,18,19). The second kappa shape index (κ2) is 6.44. The van der Waals surface area contributed by atoms with Crippen molar-refractivity contribution in [1.29, 1.82) is 0 Å². The summed E-state index contributed by atoms with van der Waals surface area (Å²) in [5.41, 5.74) is 8.48. The van der Waals surface area contributed by atoms with Crippen LogP contribution in [-0.4, -0.2) is 18.6 Å². The first-order chi connectivity index (χ1) is 9.61. The van der Waals surface area contributed by atoms with Gasteiger partial charge in [0.15, 0.2) is 6.10 Å². The predicted molar refractivity (Wildman–Crippen MR) is 78.2 cm³/mol. The first kappa shape index (κ1) is 14.4. The van der Waals surface area contributed by atoms with Gasteiger partial charge >= 0.3 is 0 Å². The van der Waals surface area contributed by atoms with E-state index in [-0.39, 0.29) is 18.5 Å². The Morgan fingerprint density at radius 2 is 2.45 bits per heavy atom. The van der Waals surface area contributed by atoms with E-state index in [1.165, 1.54) is 11.1 Å². The number of hydrogen-bond donors (Lipinski definition) is 2. The van der Waals surface area contributed by atoms with Gasteiger partial charge in [0.1, 0.15) is 5.75 Å². The number of hydrogen-bond acceptors (Lipinski definition) is 3. The zero-order valence-electron chi connectivity index (χ0n) is 11.7.